The average molecular weight is 360 g/mol. The third-order valence-corrected chi connectivity index (χ3v) is 3.93. The number of likely N-dealkylation sites (tertiary alicyclic amines) is 1. The lowest BCUT2D eigenvalue weighted by Gasteiger charge is -2.40. The van der Waals surface area contributed by atoms with Crippen LogP contribution in [0, 0.1) is 0 Å². The van der Waals surface area contributed by atoms with Gasteiger partial charge in [0.15, 0.2) is 0 Å². The van der Waals surface area contributed by atoms with Crippen LogP contribution in [0.1, 0.15) is 19.8 Å². The van der Waals surface area contributed by atoms with Crippen molar-refractivity contribution in [3.63, 3.8) is 0 Å². The van der Waals surface area contributed by atoms with Crippen LogP contribution >= 0.6 is 12.6 Å². The second-order valence-electron chi connectivity index (χ2n) is 5.18. The zero-order valence-electron chi connectivity index (χ0n) is 12.6. The van der Waals surface area contributed by atoms with Crippen LogP contribution in [-0.4, -0.2) is 70.1 Å². The molecule has 0 aromatic heterocycles. The number of hydrogen-bond acceptors (Lipinski definition) is 5. The van der Waals surface area contributed by atoms with Crippen LogP contribution in [0.2, 0.25) is 0 Å². The average Bonchev–Trinajstić information content (AvgIpc) is 2.39. The number of aliphatic carboxylic acids is 2. The van der Waals surface area contributed by atoms with Gasteiger partial charge in [0.1, 0.15) is 6.04 Å². The van der Waals surface area contributed by atoms with Gasteiger partial charge in [0.05, 0.1) is 0 Å². The van der Waals surface area contributed by atoms with Crippen LogP contribution in [0.25, 0.3) is 0 Å². The van der Waals surface area contributed by atoms with Crippen molar-refractivity contribution in [2.24, 2.45) is 0 Å². The van der Waals surface area contributed by atoms with E-state index in [4.69, 9.17) is 15.0 Å². The van der Waals surface area contributed by atoms with Crippen LogP contribution < -0.4 is 5.32 Å². The Morgan fingerprint density at radius 3 is 1.87 bits per heavy atom. The van der Waals surface area contributed by atoms with E-state index in [1.54, 1.807) is 0 Å². The highest BCUT2D eigenvalue weighted by atomic mass is 32.1. The molecule has 1 amide bonds. The van der Waals surface area contributed by atoms with Crippen molar-refractivity contribution < 1.29 is 37.8 Å². The molecule has 1 heterocycles. The predicted octanol–water partition coefficient (Wildman–Crippen LogP) is 0.603. The van der Waals surface area contributed by atoms with E-state index in [0.717, 1.165) is 13.1 Å². The van der Waals surface area contributed by atoms with Crippen molar-refractivity contribution in [1.29, 1.82) is 0 Å². The highest BCUT2D eigenvalue weighted by Crippen LogP contribution is 2.32. The quantitative estimate of drug-likeness (QED) is 0.549. The van der Waals surface area contributed by atoms with Crippen LogP contribution in [0.4, 0.5) is 13.2 Å². The first-order valence-corrected chi connectivity index (χ1v) is 6.95. The van der Waals surface area contributed by atoms with Crippen molar-refractivity contribution in [2.45, 2.75) is 36.7 Å². The third kappa shape index (κ3) is 7.55. The second kappa shape index (κ2) is 8.39. The summed E-state index contributed by atoms with van der Waals surface area (Å²) in [6, 6.07) is -0.915. The van der Waals surface area contributed by atoms with Gasteiger partial charge in [0.2, 0.25) is 5.91 Å². The van der Waals surface area contributed by atoms with Gasteiger partial charge in [-0.05, 0) is 33.0 Å². The Balaban J connectivity index is 0.000000585. The van der Waals surface area contributed by atoms with Gasteiger partial charge in [-0.15, -0.1) is 0 Å². The summed E-state index contributed by atoms with van der Waals surface area (Å²) in [5.74, 6) is -4.11. The molecule has 134 valence electrons. The van der Waals surface area contributed by atoms with Crippen LogP contribution in [0.3, 0.4) is 0 Å². The molecule has 11 heteroatoms. The summed E-state index contributed by atoms with van der Waals surface area (Å²) in [7, 11) is 1.99. The summed E-state index contributed by atoms with van der Waals surface area (Å²) in [5.41, 5.74) is 0. The summed E-state index contributed by atoms with van der Waals surface area (Å²) >= 11 is 4.48. The lowest BCUT2D eigenvalue weighted by molar-refractivity contribution is -0.192. The molecule has 0 spiro atoms. The topological polar surface area (TPSA) is 107 Å². The molecule has 0 aromatic carbocycles. The Morgan fingerprint density at radius 1 is 1.22 bits per heavy atom. The molecule has 0 bridgehead atoms. The number of piperidine rings is 1. The van der Waals surface area contributed by atoms with E-state index in [1.165, 1.54) is 6.92 Å². The van der Waals surface area contributed by atoms with Gasteiger partial charge in [0.25, 0.3) is 0 Å². The minimum atomic E-state index is -5.08. The monoisotopic (exact) mass is 360 g/mol. The molecule has 0 aromatic rings. The van der Waals surface area contributed by atoms with E-state index in [0.29, 0.717) is 12.8 Å². The molecule has 0 saturated carbocycles. The van der Waals surface area contributed by atoms with Crippen molar-refractivity contribution in [1.82, 2.24) is 10.2 Å². The first-order valence-electron chi connectivity index (χ1n) is 6.50. The van der Waals surface area contributed by atoms with Gasteiger partial charge in [-0.1, -0.05) is 0 Å². The molecule has 1 aliphatic heterocycles. The van der Waals surface area contributed by atoms with Gasteiger partial charge >= 0.3 is 18.1 Å². The summed E-state index contributed by atoms with van der Waals surface area (Å²) in [4.78, 5) is 33.2. The van der Waals surface area contributed by atoms with E-state index in [1.807, 2.05) is 7.05 Å². The predicted molar refractivity (Wildman–Crippen MR) is 77.4 cm³/mol. The van der Waals surface area contributed by atoms with Crippen LogP contribution in [-0.2, 0) is 14.4 Å². The molecule has 1 atom stereocenters. The Morgan fingerprint density at radius 2 is 1.61 bits per heavy atom. The lowest BCUT2D eigenvalue weighted by Crippen LogP contribution is -2.57. The number of nitrogens with one attached hydrogen (secondary N) is 1. The van der Waals surface area contributed by atoms with Crippen molar-refractivity contribution in [3.05, 3.63) is 0 Å². The maximum Gasteiger partial charge on any atom is 0.490 e. The van der Waals surface area contributed by atoms with E-state index >= 15 is 0 Å². The summed E-state index contributed by atoms with van der Waals surface area (Å²) in [5, 5.41) is 18.7. The number of nitrogens with zero attached hydrogens (tertiary/aromatic N) is 1. The van der Waals surface area contributed by atoms with Gasteiger partial charge in [-0.25, -0.2) is 9.59 Å². The minimum absolute atomic E-state index is 0.334. The number of carbonyl (C=O) groups is 3. The molecular weight excluding hydrogens is 341 g/mol. The van der Waals surface area contributed by atoms with Crippen LogP contribution in [0.15, 0.2) is 0 Å². The number of carbonyl (C=O) groups excluding carboxylic acids is 1. The number of amides is 1. The first-order chi connectivity index (χ1) is 10.3. The molecule has 1 rings (SSSR count). The molecule has 1 fully saturated rings. The molecule has 1 unspecified atom stereocenters. The maximum absolute atomic E-state index is 11.1. The number of hydrogen-bond donors (Lipinski definition) is 4. The number of alkyl halides is 3. The smallest absolute Gasteiger partial charge is 0.480 e. The normalized spacial score (nSPS) is 19.0. The fourth-order valence-corrected chi connectivity index (χ4v) is 2.30. The molecule has 1 saturated heterocycles. The fourth-order valence-electron chi connectivity index (χ4n) is 1.92. The third-order valence-electron chi connectivity index (χ3n) is 3.23. The summed E-state index contributed by atoms with van der Waals surface area (Å²) in [6.07, 6.45) is -3.77. The van der Waals surface area contributed by atoms with Gasteiger partial charge in [0, 0.05) is 11.7 Å². The number of halogens is 3. The fraction of sp³-hybridized carbons (Fsp3) is 0.750. The molecule has 0 aliphatic carbocycles. The Hall–Kier alpha value is -1.49. The summed E-state index contributed by atoms with van der Waals surface area (Å²) in [6.45, 7) is 2.92. The zero-order chi connectivity index (χ0) is 18.4. The minimum Gasteiger partial charge on any atom is -0.480 e. The number of carboxylic acids is 2. The molecule has 7 nitrogen and oxygen atoms in total. The van der Waals surface area contributed by atoms with Gasteiger partial charge in [-0.3, -0.25) is 4.79 Å². The maximum atomic E-state index is 11.1. The van der Waals surface area contributed by atoms with Crippen molar-refractivity contribution >= 4 is 30.5 Å². The lowest BCUT2D eigenvalue weighted by atomic mass is 9.88. The van der Waals surface area contributed by atoms with Gasteiger partial charge < -0.3 is 20.4 Å². The standard InChI is InChI=1S/C10H18N2O3S.C2HF3O2/c1-7(13)11-8(9(14)15)10(16)3-5-12(2)6-4-10;3-2(4,5)1(6)7/h8,16H,3-6H2,1-2H3,(H,11,13)(H,14,15);(H,6,7). The molecule has 23 heavy (non-hydrogen) atoms. The Kier molecular flexibility index (Phi) is 7.84. The van der Waals surface area contributed by atoms with Gasteiger partial charge in [-0.2, -0.15) is 25.8 Å². The molecule has 3 N–H and O–H groups in total. The number of rotatable bonds is 3. The Labute approximate surface area is 136 Å². The molecule has 1 aliphatic rings. The number of carboxylic acid groups (broad SMARTS) is 2. The van der Waals surface area contributed by atoms with Crippen molar-refractivity contribution in [2.75, 3.05) is 20.1 Å². The largest absolute Gasteiger partial charge is 0.490 e. The molecule has 0 radical (unpaired) electrons. The summed E-state index contributed by atoms with van der Waals surface area (Å²) < 4.78 is 31.1. The van der Waals surface area contributed by atoms with E-state index in [9.17, 15) is 22.8 Å². The second-order valence-corrected chi connectivity index (χ2v) is 6.07. The first kappa shape index (κ1) is 21.5. The SMILES string of the molecule is CC(=O)NC(C(=O)O)C1(S)CCN(C)CC1.O=C(O)C(F)(F)F. The molecular formula is C12H19F3N2O5S. The van der Waals surface area contributed by atoms with E-state index < -0.39 is 28.9 Å². The van der Waals surface area contributed by atoms with Crippen molar-refractivity contribution in [3.8, 4) is 0 Å². The highest BCUT2D eigenvalue weighted by Gasteiger charge is 2.42. The van der Waals surface area contributed by atoms with Crippen LogP contribution in [0.5, 0.6) is 0 Å². The highest BCUT2D eigenvalue weighted by molar-refractivity contribution is 7.82. The van der Waals surface area contributed by atoms with E-state index in [-0.39, 0.29) is 5.91 Å². The number of thiol groups is 1. The van der Waals surface area contributed by atoms with E-state index in [2.05, 4.69) is 22.8 Å². The zero-order valence-corrected chi connectivity index (χ0v) is 13.4. The Bertz CT molecular complexity index is 450.